The zero-order valence-corrected chi connectivity index (χ0v) is 13.1. The van der Waals surface area contributed by atoms with E-state index in [0.29, 0.717) is 4.67 Å². The van der Waals surface area contributed by atoms with Gasteiger partial charge in [-0.05, 0) is 28.1 Å². The third-order valence-electron chi connectivity index (χ3n) is 2.29. The van der Waals surface area contributed by atoms with Crippen LogP contribution in [0.15, 0.2) is 31.2 Å². The van der Waals surface area contributed by atoms with Crippen LogP contribution in [0, 0.1) is 0 Å². The number of H-pyrrole nitrogens is 1. The van der Waals surface area contributed by atoms with E-state index in [1.807, 2.05) is 0 Å². The van der Waals surface area contributed by atoms with Gasteiger partial charge in [-0.15, -0.1) is 0 Å². The number of amides is 1. The normalized spacial score (nSPS) is 10.4. The van der Waals surface area contributed by atoms with E-state index in [2.05, 4.69) is 31.2 Å². The molecule has 11 heteroatoms. The highest BCUT2D eigenvalue weighted by atomic mass is 79.9. The summed E-state index contributed by atoms with van der Waals surface area (Å²) in [6, 6.07) is 2.92. The topological polar surface area (TPSA) is 154 Å². The first-order chi connectivity index (χ1) is 10.4. The highest BCUT2D eigenvalue weighted by molar-refractivity contribution is 9.10. The van der Waals surface area contributed by atoms with Gasteiger partial charge in [-0.2, -0.15) is 0 Å². The number of aliphatic carboxylic acids is 1. The number of thioether (sulfide) groups is 1. The van der Waals surface area contributed by atoms with Crippen molar-refractivity contribution in [2.75, 3.05) is 16.8 Å². The summed E-state index contributed by atoms with van der Waals surface area (Å²) in [6.07, 6.45) is 0. The molecule has 1 amide bonds. The average molecular weight is 388 g/mol. The molecule has 116 valence electrons. The van der Waals surface area contributed by atoms with Gasteiger partial charge in [0.1, 0.15) is 0 Å². The van der Waals surface area contributed by atoms with Crippen LogP contribution < -0.4 is 21.7 Å². The number of hydrogen-bond donors (Lipinski definition) is 3. The van der Waals surface area contributed by atoms with Crippen LogP contribution in [0.1, 0.15) is 10.6 Å². The first-order valence-corrected chi connectivity index (χ1v) is 7.44. The Bertz CT molecular complexity index is 787. The highest BCUT2D eigenvalue weighted by Crippen LogP contribution is 2.18. The molecular formula is C11H8BrN4O5S-. The van der Waals surface area contributed by atoms with Crippen molar-refractivity contribution in [3.8, 4) is 0 Å². The molecule has 0 unspecified atom stereocenters. The molecule has 2 heterocycles. The zero-order valence-electron chi connectivity index (χ0n) is 10.7. The predicted octanol–water partition coefficient (Wildman–Crippen LogP) is -0.198. The largest absolute Gasteiger partial charge is 0.549 e. The molecule has 0 aliphatic carbocycles. The van der Waals surface area contributed by atoms with E-state index < -0.39 is 23.2 Å². The molecule has 0 aliphatic rings. The second-order valence-corrected chi connectivity index (χ2v) is 5.60. The van der Waals surface area contributed by atoms with E-state index in [4.69, 9.17) is 10.2 Å². The zero-order chi connectivity index (χ0) is 16.3. The molecule has 0 spiro atoms. The minimum Gasteiger partial charge on any atom is -0.549 e. The van der Waals surface area contributed by atoms with Gasteiger partial charge in [-0.1, -0.05) is 11.8 Å². The maximum Gasteiger partial charge on any atom is 0.291 e. The average Bonchev–Trinajstić information content (AvgIpc) is 2.87. The first-order valence-electron chi connectivity index (χ1n) is 5.66. The number of nitrogens with one attached hydrogen (secondary N) is 2. The number of nitrogens with two attached hydrogens (primary N) is 1. The Morgan fingerprint density at radius 1 is 1.50 bits per heavy atom. The number of carbonyl (C=O) groups is 2. The number of nitrogen functional groups attached to an aromatic ring is 1. The molecule has 9 nitrogen and oxygen atoms in total. The van der Waals surface area contributed by atoms with Crippen LogP contribution in [-0.4, -0.2) is 27.6 Å². The van der Waals surface area contributed by atoms with Crippen molar-refractivity contribution in [3.05, 3.63) is 32.9 Å². The second kappa shape index (κ2) is 6.66. The lowest BCUT2D eigenvalue weighted by molar-refractivity contribution is -0.301. The lowest BCUT2D eigenvalue weighted by Gasteiger charge is -2.07. The number of aromatic nitrogens is 2. The fourth-order valence-electron chi connectivity index (χ4n) is 1.40. The van der Waals surface area contributed by atoms with Crippen LogP contribution in [-0.2, 0) is 4.79 Å². The Labute approximate surface area is 135 Å². The summed E-state index contributed by atoms with van der Waals surface area (Å²) in [7, 11) is 0. The molecule has 0 radical (unpaired) electrons. The van der Waals surface area contributed by atoms with E-state index in [9.17, 15) is 19.5 Å². The van der Waals surface area contributed by atoms with Crippen LogP contribution in [0.5, 0.6) is 0 Å². The Kier molecular flexibility index (Phi) is 4.88. The maximum atomic E-state index is 11.9. The lowest BCUT2D eigenvalue weighted by Crippen LogP contribution is -2.25. The SMILES string of the molecule is Nc1nc(SCC(=O)[O-])[nH]c(=O)c1NC(=O)c1ccc(Br)o1. The van der Waals surface area contributed by atoms with E-state index in [1.54, 1.807) is 0 Å². The second-order valence-electron chi connectivity index (χ2n) is 3.85. The van der Waals surface area contributed by atoms with Crippen LogP contribution in [0.2, 0.25) is 0 Å². The fraction of sp³-hybridized carbons (Fsp3) is 0.0909. The summed E-state index contributed by atoms with van der Waals surface area (Å²) in [4.78, 5) is 40.2. The summed E-state index contributed by atoms with van der Waals surface area (Å²) in [5.74, 6) is -2.66. The molecule has 0 saturated heterocycles. The van der Waals surface area contributed by atoms with Gasteiger partial charge in [0.2, 0.25) is 0 Å². The molecule has 22 heavy (non-hydrogen) atoms. The van der Waals surface area contributed by atoms with Gasteiger partial charge in [0.15, 0.2) is 27.1 Å². The van der Waals surface area contributed by atoms with Gasteiger partial charge >= 0.3 is 0 Å². The number of hydrogen-bond acceptors (Lipinski definition) is 8. The molecule has 2 aromatic rings. The van der Waals surface area contributed by atoms with Crippen molar-refractivity contribution in [1.29, 1.82) is 0 Å². The number of carboxylic acid groups (broad SMARTS) is 1. The predicted molar refractivity (Wildman–Crippen MR) is 79.4 cm³/mol. The number of rotatable bonds is 5. The van der Waals surface area contributed by atoms with Crippen molar-refractivity contribution in [1.82, 2.24) is 9.97 Å². The van der Waals surface area contributed by atoms with Crippen molar-refractivity contribution in [2.24, 2.45) is 0 Å². The van der Waals surface area contributed by atoms with E-state index >= 15 is 0 Å². The summed E-state index contributed by atoms with van der Waals surface area (Å²) < 4.78 is 5.39. The Morgan fingerprint density at radius 3 is 2.77 bits per heavy atom. The third-order valence-corrected chi connectivity index (χ3v) is 3.56. The molecule has 2 rings (SSSR count). The summed E-state index contributed by atoms with van der Waals surface area (Å²) in [5.41, 5.74) is 4.63. The summed E-state index contributed by atoms with van der Waals surface area (Å²) in [6.45, 7) is 0. The van der Waals surface area contributed by atoms with Crippen molar-refractivity contribution in [3.63, 3.8) is 0 Å². The molecule has 0 atom stereocenters. The molecule has 4 N–H and O–H groups in total. The molecule has 0 fully saturated rings. The van der Waals surface area contributed by atoms with Crippen LogP contribution >= 0.6 is 27.7 Å². The Morgan fingerprint density at radius 2 is 2.23 bits per heavy atom. The van der Waals surface area contributed by atoms with Crippen molar-refractivity contribution < 1.29 is 19.1 Å². The number of carbonyl (C=O) groups excluding carboxylic acids is 2. The highest BCUT2D eigenvalue weighted by Gasteiger charge is 2.16. The van der Waals surface area contributed by atoms with E-state index in [1.165, 1.54) is 12.1 Å². The number of anilines is 2. The minimum absolute atomic E-state index is 0.00504. The van der Waals surface area contributed by atoms with Crippen LogP contribution in [0.25, 0.3) is 0 Å². The smallest absolute Gasteiger partial charge is 0.291 e. The quantitative estimate of drug-likeness (QED) is 0.470. The summed E-state index contributed by atoms with van der Waals surface area (Å²) in [5, 5.41) is 12.6. The first kappa shape index (κ1) is 16.1. The molecular weight excluding hydrogens is 380 g/mol. The van der Waals surface area contributed by atoms with Crippen LogP contribution in [0.4, 0.5) is 11.5 Å². The van der Waals surface area contributed by atoms with Crippen molar-refractivity contribution in [2.45, 2.75) is 5.16 Å². The molecule has 2 aromatic heterocycles. The standard InChI is InChI=1S/C11H9BrN4O5S/c12-5-2-1-4(21-5)9(19)14-7-8(13)15-11(16-10(7)20)22-3-6(17)18/h1-2H,3H2,(H,14,19)(H,17,18)(H3,13,15,16,20)/p-1. The van der Waals surface area contributed by atoms with Gasteiger partial charge in [-0.25, -0.2) is 4.98 Å². The van der Waals surface area contributed by atoms with Gasteiger partial charge in [0.05, 0.1) is 5.97 Å². The molecule has 0 saturated carbocycles. The van der Waals surface area contributed by atoms with Crippen LogP contribution in [0.3, 0.4) is 0 Å². The minimum atomic E-state index is -1.31. The molecule has 0 bridgehead atoms. The third kappa shape index (κ3) is 3.89. The Hall–Kier alpha value is -2.27. The number of halogens is 1. The van der Waals surface area contributed by atoms with Gasteiger partial charge < -0.3 is 25.4 Å². The number of carboxylic acids is 1. The van der Waals surface area contributed by atoms with E-state index in [0.717, 1.165) is 11.8 Å². The fourth-order valence-corrected chi connectivity index (χ4v) is 2.29. The van der Waals surface area contributed by atoms with Gasteiger partial charge in [0.25, 0.3) is 11.5 Å². The van der Waals surface area contributed by atoms with Gasteiger partial charge in [-0.3, -0.25) is 14.6 Å². The molecule has 0 aromatic carbocycles. The summed E-state index contributed by atoms with van der Waals surface area (Å²) >= 11 is 3.78. The number of nitrogens with zero attached hydrogens (tertiary/aromatic N) is 1. The van der Waals surface area contributed by atoms with Gasteiger partial charge in [0, 0.05) is 5.75 Å². The van der Waals surface area contributed by atoms with E-state index in [-0.39, 0.29) is 22.4 Å². The monoisotopic (exact) mass is 387 g/mol. The maximum absolute atomic E-state index is 11.9. The van der Waals surface area contributed by atoms with Crippen molar-refractivity contribution >= 4 is 51.1 Å². The Balaban J connectivity index is 2.19. The number of furan rings is 1. The number of aromatic amines is 1. The lowest BCUT2D eigenvalue weighted by atomic mass is 10.4. The molecule has 0 aliphatic heterocycles.